The zero-order valence-corrected chi connectivity index (χ0v) is 31.3. The largest absolute Gasteiger partial charge is 0.444 e. The third-order valence-corrected chi connectivity index (χ3v) is 8.54. The van der Waals surface area contributed by atoms with Crippen LogP contribution >= 0.6 is 0 Å². The predicted molar refractivity (Wildman–Crippen MR) is 198 cm³/mol. The minimum atomic E-state index is -0.707. The maximum atomic E-state index is 14.3. The summed E-state index contributed by atoms with van der Waals surface area (Å²) in [5, 5.41) is 8.81. The van der Waals surface area contributed by atoms with Crippen LogP contribution in [-0.4, -0.2) is 107 Å². The van der Waals surface area contributed by atoms with Crippen LogP contribution < -0.4 is 0 Å². The number of hydroxylamine groups is 2. The van der Waals surface area contributed by atoms with Crippen LogP contribution in [0.25, 0.3) is 32.3 Å². The summed E-state index contributed by atoms with van der Waals surface area (Å²) in [6, 6.07) is 19.1. The van der Waals surface area contributed by atoms with Gasteiger partial charge in [-0.05, 0) is 100 Å². The monoisotopic (exact) mass is 686 g/mol. The summed E-state index contributed by atoms with van der Waals surface area (Å²) >= 11 is 0. The first-order chi connectivity index (χ1) is 23.4. The number of benzene rings is 4. The van der Waals surface area contributed by atoms with Gasteiger partial charge in [0.25, 0.3) is 0 Å². The molecular weight excluding hydrogens is 632 g/mol. The molecule has 1 fully saturated rings. The minimum absolute atomic E-state index is 0.0349. The molecule has 1 aliphatic rings. The predicted octanol–water partition coefficient (Wildman–Crippen LogP) is 7.48. The van der Waals surface area contributed by atoms with Crippen LogP contribution in [0.2, 0.25) is 0 Å². The van der Waals surface area contributed by atoms with Gasteiger partial charge < -0.3 is 24.2 Å². The number of nitrogens with zero attached hydrogens (tertiary/aromatic N) is 4. The van der Waals surface area contributed by atoms with Crippen molar-refractivity contribution in [2.45, 2.75) is 85.5 Å². The number of carbonyl (C=O) groups excluding carboxylic acids is 3. The summed E-state index contributed by atoms with van der Waals surface area (Å²) < 4.78 is 11.5. The fourth-order valence-electron chi connectivity index (χ4n) is 6.37. The van der Waals surface area contributed by atoms with Gasteiger partial charge in [-0.3, -0.25) is 9.63 Å². The lowest BCUT2D eigenvalue weighted by Crippen LogP contribution is -2.51. The van der Waals surface area contributed by atoms with Crippen molar-refractivity contribution in [3.05, 3.63) is 60.2 Å². The lowest BCUT2D eigenvalue weighted by molar-refractivity contribution is -0.230. The molecule has 4 aromatic rings. The van der Waals surface area contributed by atoms with Crippen molar-refractivity contribution in [2.24, 2.45) is 0 Å². The summed E-state index contributed by atoms with van der Waals surface area (Å²) in [4.78, 5) is 52.4. The van der Waals surface area contributed by atoms with Gasteiger partial charge in [0.2, 0.25) is 5.91 Å². The van der Waals surface area contributed by atoms with Gasteiger partial charge in [-0.1, -0.05) is 54.6 Å². The van der Waals surface area contributed by atoms with Gasteiger partial charge in [0.15, 0.2) is 0 Å². The molecule has 0 bridgehead atoms. The molecule has 0 aliphatic carbocycles. The Kier molecular flexibility index (Phi) is 10.8. The second kappa shape index (κ2) is 14.6. The van der Waals surface area contributed by atoms with E-state index in [1.54, 1.807) is 9.80 Å². The Labute approximate surface area is 296 Å². The number of hydrogen-bond acceptors (Lipinski definition) is 7. The van der Waals surface area contributed by atoms with Crippen LogP contribution in [0, 0.1) is 0 Å². The first kappa shape index (κ1) is 37.1. The van der Waals surface area contributed by atoms with E-state index in [1.807, 2.05) is 72.3 Å². The summed E-state index contributed by atoms with van der Waals surface area (Å²) in [5.74, 6) is -0.0349. The summed E-state index contributed by atoms with van der Waals surface area (Å²) in [5.41, 5.74) is -0.909. The Morgan fingerprint density at radius 3 is 1.50 bits per heavy atom. The van der Waals surface area contributed by atoms with E-state index in [-0.39, 0.29) is 32.0 Å². The molecule has 3 amide bonds. The number of ether oxygens (including phenoxy) is 2. The zero-order valence-electron chi connectivity index (χ0n) is 31.3. The first-order valence-corrected chi connectivity index (χ1v) is 17.7. The molecule has 50 heavy (non-hydrogen) atoms. The molecule has 10 nitrogen and oxygen atoms in total. The van der Waals surface area contributed by atoms with Gasteiger partial charge in [-0.25, -0.2) is 9.59 Å². The Hall–Kier alpha value is -4.15. The minimum Gasteiger partial charge on any atom is -0.444 e. The quantitative estimate of drug-likeness (QED) is 0.207. The first-order valence-electron chi connectivity index (χ1n) is 17.7. The molecular formula is C40H54N4O6. The molecule has 4 aromatic carbocycles. The van der Waals surface area contributed by atoms with E-state index in [1.165, 1.54) is 21.5 Å². The lowest BCUT2D eigenvalue weighted by atomic mass is 9.91. The van der Waals surface area contributed by atoms with E-state index in [4.69, 9.17) is 14.3 Å². The van der Waals surface area contributed by atoms with Crippen LogP contribution in [0.3, 0.4) is 0 Å². The third-order valence-electron chi connectivity index (χ3n) is 8.54. The highest BCUT2D eigenvalue weighted by molar-refractivity contribution is 6.23. The Bertz CT molecular complexity index is 1800. The molecule has 0 radical (unpaired) electrons. The van der Waals surface area contributed by atoms with Crippen LogP contribution in [0.15, 0.2) is 54.6 Å². The molecule has 270 valence electrons. The van der Waals surface area contributed by atoms with Gasteiger partial charge in [0.05, 0.1) is 12.0 Å². The van der Waals surface area contributed by atoms with E-state index in [0.29, 0.717) is 32.7 Å². The fourth-order valence-corrected chi connectivity index (χ4v) is 6.37. The Morgan fingerprint density at radius 1 is 0.540 bits per heavy atom. The number of rotatable bonds is 3. The van der Waals surface area contributed by atoms with E-state index in [2.05, 4.69) is 54.6 Å². The topological polar surface area (TPSA) is 91.9 Å². The van der Waals surface area contributed by atoms with Crippen molar-refractivity contribution < 1.29 is 28.7 Å². The van der Waals surface area contributed by atoms with Crippen molar-refractivity contribution in [3.63, 3.8) is 0 Å². The molecule has 1 heterocycles. The van der Waals surface area contributed by atoms with Crippen LogP contribution in [-0.2, 0) is 25.5 Å². The molecule has 0 saturated carbocycles. The second-order valence-electron chi connectivity index (χ2n) is 16.2. The van der Waals surface area contributed by atoms with E-state index < -0.39 is 29.0 Å². The molecule has 0 spiro atoms. The number of amides is 3. The Balaban J connectivity index is 1.44. The zero-order chi connectivity index (χ0) is 36.4. The Morgan fingerprint density at radius 2 is 0.980 bits per heavy atom. The number of hydrogen-bond donors (Lipinski definition) is 0. The second-order valence-corrected chi connectivity index (χ2v) is 16.2. The van der Waals surface area contributed by atoms with E-state index >= 15 is 0 Å². The van der Waals surface area contributed by atoms with E-state index in [0.717, 1.165) is 16.3 Å². The van der Waals surface area contributed by atoms with Crippen molar-refractivity contribution >= 4 is 50.4 Å². The normalized spacial score (nSPS) is 16.5. The highest BCUT2D eigenvalue weighted by Gasteiger charge is 2.29. The van der Waals surface area contributed by atoms with Crippen molar-refractivity contribution in [2.75, 3.05) is 52.4 Å². The molecule has 10 heteroatoms. The number of carbonyl (C=O) groups is 3. The molecule has 5 rings (SSSR count). The molecule has 0 N–H and O–H groups in total. The fraction of sp³-hybridized carbons (Fsp3) is 0.525. The highest BCUT2D eigenvalue weighted by Crippen LogP contribution is 2.36. The summed E-state index contributed by atoms with van der Waals surface area (Å²) in [6.07, 6.45) is -0.734. The van der Waals surface area contributed by atoms with Crippen LogP contribution in [0.4, 0.5) is 9.59 Å². The van der Waals surface area contributed by atoms with Crippen molar-refractivity contribution in [1.82, 2.24) is 19.8 Å². The van der Waals surface area contributed by atoms with E-state index in [9.17, 15) is 14.4 Å². The lowest BCUT2D eigenvalue weighted by Gasteiger charge is -2.36. The average molecular weight is 687 g/mol. The molecule has 0 aromatic heterocycles. The maximum absolute atomic E-state index is 14.3. The van der Waals surface area contributed by atoms with Crippen LogP contribution in [0.5, 0.6) is 0 Å². The average Bonchev–Trinajstić information content (AvgIpc) is 2.99. The third kappa shape index (κ3) is 9.54. The van der Waals surface area contributed by atoms with Crippen molar-refractivity contribution in [3.8, 4) is 0 Å². The highest BCUT2D eigenvalue weighted by atomic mass is 16.7. The SMILES string of the molecule is CC(C)(C)OC(=O)N1CCN(OC(C)(C)C)CCN(C(=O)Cc2ccc3ccc4cccc5ccc2c3c45)CCN(C(=O)OC(C)(C)C)CC1. The molecule has 1 aliphatic heterocycles. The maximum Gasteiger partial charge on any atom is 0.410 e. The molecule has 0 atom stereocenters. The van der Waals surface area contributed by atoms with Gasteiger partial charge in [0, 0.05) is 52.4 Å². The van der Waals surface area contributed by atoms with Gasteiger partial charge >= 0.3 is 12.2 Å². The molecule has 1 saturated heterocycles. The van der Waals surface area contributed by atoms with Crippen molar-refractivity contribution in [1.29, 1.82) is 0 Å². The summed E-state index contributed by atoms with van der Waals surface area (Å²) in [7, 11) is 0. The van der Waals surface area contributed by atoms with Gasteiger partial charge in [0.1, 0.15) is 11.2 Å². The van der Waals surface area contributed by atoms with Gasteiger partial charge in [-0.2, -0.15) is 5.06 Å². The standard InChI is InChI=1S/C40H54N4O6/c1-38(2,3)48-36(46)42-20-19-41(23-25-44(50-40(7,8)9)26-24-43(22-21-42)37(47)49-39(4,5)6)33(45)27-31-16-15-30-14-13-28-11-10-12-29-17-18-32(31)35(30)34(28)29/h10-18H,19-27H2,1-9H3. The smallest absolute Gasteiger partial charge is 0.410 e. The molecule has 0 unspecified atom stereocenters. The summed E-state index contributed by atoms with van der Waals surface area (Å²) in [6.45, 7) is 19.3. The van der Waals surface area contributed by atoms with Gasteiger partial charge in [-0.15, -0.1) is 0 Å². The van der Waals surface area contributed by atoms with Crippen LogP contribution in [0.1, 0.15) is 67.9 Å².